The summed E-state index contributed by atoms with van der Waals surface area (Å²) in [5.74, 6) is -0.197. The Kier molecular flexibility index (Phi) is 3.47. The lowest BCUT2D eigenvalue weighted by molar-refractivity contribution is 0.0694. The van der Waals surface area contributed by atoms with Gasteiger partial charge in [-0.25, -0.2) is 4.79 Å². The third-order valence-electron chi connectivity index (χ3n) is 2.42. The van der Waals surface area contributed by atoms with Crippen LogP contribution in [0.5, 0.6) is 11.6 Å². The molecule has 0 aliphatic carbocycles. The third-order valence-corrected chi connectivity index (χ3v) is 3.30. The van der Waals surface area contributed by atoms with E-state index in [-0.39, 0.29) is 11.4 Å². The largest absolute Gasteiger partial charge is 0.497 e. The van der Waals surface area contributed by atoms with Gasteiger partial charge in [-0.3, -0.25) is 0 Å². The lowest BCUT2D eigenvalue weighted by atomic mass is 10.1. The first-order valence-corrected chi connectivity index (χ1v) is 5.86. The van der Waals surface area contributed by atoms with Gasteiger partial charge in [-0.15, -0.1) is 0 Å². The number of hydrogen-bond donors (Lipinski definition) is 1. The normalized spacial score (nSPS) is 10.1. The van der Waals surface area contributed by atoms with E-state index in [2.05, 4.69) is 4.37 Å². The molecule has 94 valence electrons. The Labute approximate surface area is 108 Å². The number of rotatable bonds is 4. The fourth-order valence-electron chi connectivity index (χ4n) is 1.54. The minimum atomic E-state index is -1.05. The first-order valence-electron chi connectivity index (χ1n) is 5.08. The molecule has 1 aromatic carbocycles. The van der Waals surface area contributed by atoms with E-state index in [1.54, 1.807) is 31.4 Å². The van der Waals surface area contributed by atoms with Crippen LogP contribution in [0.25, 0.3) is 10.4 Å². The van der Waals surface area contributed by atoms with Crippen LogP contribution in [0, 0.1) is 0 Å². The van der Waals surface area contributed by atoms with Crippen LogP contribution in [0.4, 0.5) is 0 Å². The van der Waals surface area contributed by atoms with Crippen molar-refractivity contribution in [2.75, 3.05) is 14.2 Å². The maximum atomic E-state index is 11.2. The summed E-state index contributed by atoms with van der Waals surface area (Å²) < 4.78 is 14.0. The van der Waals surface area contributed by atoms with Gasteiger partial charge >= 0.3 is 5.97 Å². The SMILES string of the molecule is COc1ccc(-c2snc(OC)c2C(=O)O)cc1. The molecule has 0 saturated heterocycles. The zero-order valence-corrected chi connectivity index (χ0v) is 10.7. The number of methoxy groups -OCH3 is 2. The van der Waals surface area contributed by atoms with E-state index >= 15 is 0 Å². The molecule has 1 aromatic heterocycles. The molecule has 0 atom stereocenters. The predicted molar refractivity (Wildman–Crippen MR) is 67.6 cm³/mol. The van der Waals surface area contributed by atoms with Crippen LogP contribution in [-0.2, 0) is 0 Å². The third kappa shape index (κ3) is 2.14. The number of carboxylic acids is 1. The van der Waals surface area contributed by atoms with Crippen molar-refractivity contribution < 1.29 is 19.4 Å². The molecule has 0 bridgehead atoms. The Morgan fingerprint density at radius 1 is 1.22 bits per heavy atom. The Bertz CT molecular complexity index is 562. The van der Waals surface area contributed by atoms with Crippen LogP contribution >= 0.6 is 11.5 Å². The van der Waals surface area contributed by atoms with Gasteiger partial charge in [-0.1, -0.05) is 0 Å². The Morgan fingerprint density at radius 3 is 2.39 bits per heavy atom. The summed E-state index contributed by atoms with van der Waals surface area (Å²) in [6.07, 6.45) is 0. The molecule has 5 nitrogen and oxygen atoms in total. The zero-order chi connectivity index (χ0) is 13.1. The van der Waals surface area contributed by atoms with Gasteiger partial charge in [0.1, 0.15) is 11.3 Å². The van der Waals surface area contributed by atoms with E-state index < -0.39 is 5.97 Å². The number of ether oxygens (including phenoxy) is 2. The first-order chi connectivity index (χ1) is 8.67. The van der Waals surface area contributed by atoms with Crippen molar-refractivity contribution in [3.63, 3.8) is 0 Å². The maximum absolute atomic E-state index is 11.2. The standard InChI is InChI=1S/C12H11NO4S/c1-16-8-5-3-7(4-6-8)10-9(12(14)15)11(17-2)13-18-10/h3-6H,1-2H3,(H,14,15). The highest BCUT2D eigenvalue weighted by molar-refractivity contribution is 7.10. The van der Waals surface area contributed by atoms with Gasteiger partial charge < -0.3 is 14.6 Å². The second-order valence-corrected chi connectivity index (χ2v) is 4.20. The highest BCUT2D eigenvalue weighted by Gasteiger charge is 2.22. The highest BCUT2D eigenvalue weighted by Crippen LogP contribution is 2.35. The molecule has 0 fully saturated rings. The average molecular weight is 265 g/mol. The summed E-state index contributed by atoms with van der Waals surface area (Å²) >= 11 is 1.10. The molecule has 0 amide bonds. The second kappa shape index (κ2) is 5.05. The number of carboxylic acid groups (broad SMARTS) is 1. The second-order valence-electron chi connectivity index (χ2n) is 3.43. The van der Waals surface area contributed by atoms with E-state index in [4.69, 9.17) is 9.47 Å². The van der Waals surface area contributed by atoms with Crippen molar-refractivity contribution in [1.82, 2.24) is 4.37 Å². The predicted octanol–water partition coefficient (Wildman–Crippen LogP) is 2.53. The molecule has 2 aromatic rings. The lowest BCUT2D eigenvalue weighted by Crippen LogP contribution is -1.99. The number of aromatic carboxylic acids is 1. The highest BCUT2D eigenvalue weighted by atomic mass is 32.1. The van der Waals surface area contributed by atoms with Gasteiger partial charge in [0.15, 0.2) is 0 Å². The summed E-state index contributed by atoms with van der Waals surface area (Å²) in [4.78, 5) is 11.8. The molecule has 2 rings (SSSR count). The molecule has 0 saturated carbocycles. The first kappa shape index (κ1) is 12.4. The molecular formula is C12H11NO4S. The van der Waals surface area contributed by atoms with Crippen LogP contribution in [0.1, 0.15) is 10.4 Å². The minimum absolute atomic E-state index is 0.0904. The maximum Gasteiger partial charge on any atom is 0.342 e. The van der Waals surface area contributed by atoms with Crippen LogP contribution in [-0.4, -0.2) is 29.7 Å². The monoisotopic (exact) mass is 265 g/mol. The molecule has 0 aliphatic rings. The molecule has 1 N–H and O–H groups in total. The molecule has 18 heavy (non-hydrogen) atoms. The van der Waals surface area contributed by atoms with Gasteiger partial charge in [0, 0.05) is 0 Å². The van der Waals surface area contributed by atoms with Gasteiger partial charge in [-0.05, 0) is 41.4 Å². The topological polar surface area (TPSA) is 68.7 Å². The van der Waals surface area contributed by atoms with Crippen LogP contribution in [0.15, 0.2) is 24.3 Å². The summed E-state index contributed by atoms with van der Waals surface area (Å²) in [5, 5.41) is 9.19. The van der Waals surface area contributed by atoms with Gasteiger partial charge in [0.05, 0.1) is 19.1 Å². The van der Waals surface area contributed by atoms with E-state index in [1.165, 1.54) is 7.11 Å². The lowest BCUT2D eigenvalue weighted by Gasteiger charge is -2.02. The number of carbonyl (C=O) groups is 1. The summed E-state index contributed by atoms with van der Waals surface area (Å²) in [7, 11) is 2.98. The zero-order valence-electron chi connectivity index (χ0n) is 9.84. The van der Waals surface area contributed by atoms with Gasteiger partial charge in [-0.2, -0.15) is 4.37 Å². The molecule has 6 heteroatoms. The minimum Gasteiger partial charge on any atom is -0.497 e. The van der Waals surface area contributed by atoms with Crippen molar-refractivity contribution in [3.05, 3.63) is 29.8 Å². The summed E-state index contributed by atoms with van der Waals surface area (Å²) in [5.41, 5.74) is 0.863. The van der Waals surface area contributed by atoms with Crippen molar-refractivity contribution in [2.24, 2.45) is 0 Å². The van der Waals surface area contributed by atoms with Crippen molar-refractivity contribution in [2.45, 2.75) is 0 Å². The molecule has 0 radical (unpaired) electrons. The fraction of sp³-hybridized carbons (Fsp3) is 0.167. The van der Waals surface area contributed by atoms with E-state index in [1.807, 2.05) is 0 Å². The number of nitrogens with zero attached hydrogens (tertiary/aromatic N) is 1. The molecule has 0 aliphatic heterocycles. The molecule has 1 heterocycles. The molecule has 0 unspecified atom stereocenters. The van der Waals surface area contributed by atoms with Crippen LogP contribution in [0.2, 0.25) is 0 Å². The van der Waals surface area contributed by atoms with Gasteiger partial charge in [0.2, 0.25) is 5.88 Å². The van der Waals surface area contributed by atoms with E-state index in [0.29, 0.717) is 10.6 Å². The van der Waals surface area contributed by atoms with Crippen LogP contribution in [0.3, 0.4) is 0 Å². The van der Waals surface area contributed by atoms with Crippen molar-refractivity contribution in [1.29, 1.82) is 0 Å². The fourth-order valence-corrected chi connectivity index (χ4v) is 2.39. The van der Waals surface area contributed by atoms with E-state index in [0.717, 1.165) is 17.1 Å². The van der Waals surface area contributed by atoms with Crippen molar-refractivity contribution in [3.8, 4) is 22.1 Å². The van der Waals surface area contributed by atoms with E-state index in [9.17, 15) is 9.90 Å². The quantitative estimate of drug-likeness (QED) is 0.920. The number of aromatic nitrogens is 1. The number of benzene rings is 1. The Balaban J connectivity index is 2.49. The van der Waals surface area contributed by atoms with Crippen LogP contribution < -0.4 is 9.47 Å². The number of hydrogen-bond acceptors (Lipinski definition) is 5. The Hall–Kier alpha value is -2.08. The average Bonchev–Trinajstić information content (AvgIpc) is 2.82. The Morgan fingerprint density at radius 2 is 1.89 bits per heavy atom. The van der Waals surface area contributed by atoms with Crippen molar-refractivity contribution >= 4 is 17.5 Å². The molecular weight excluding hydrogens is 254 g/mol. The van der Waals surface area contributed by atoms with Gasteiger partial charge in [0.25, 0.3) is 0 Å². The smallest absolute Gasteiger partial charge is 0.342 e. The molecule has 0 spiro atoms. The summed E-state index contributed by atoms with van der Waals surface area (Å²) in [6, 6.07) is 7.12. The summed E-state index contributed by atoms with van der Waals surface area (Å²) in [6.45, 7) is 0.